The van der Waals surface area contributed by atoms with E-state index in [2.05, 4.69) is 21.2 Å². The summed E-state index contributed by atoms with van der Waals surface area (Å²) < 4.78 is 6.68. The second kappa shape index (κ2) is 6.71. The topological polar surface area (TPSA) is 68.3 Å². The van der Waals surface area contributed by atoms with Crippen LogP contribution in [0.15, 0.2) is 57.4 Å². The van der Waals surface area contributed by atoms with Gasteiger partial charge in [0, 0.05) is 15.7 Å². The molecule has 0 saturated heterocycles. The average Bonchev–Trinajstić information content (AvgIpc) is 3.00. The number of aryl methyl sites for hydroxylation is 1. The zero-order chi connectivity index (χ0) is 17.3. The quantitative estimate of drug-likeness (QED) is 0.565. The fourth-order valence-corrected chi connectivity index (χ4v) is 2.97. The van der Waals surface area contributed by atoms with Crippen molar-refractivity contribution in [1.29, 1.82) is 0 Å². The Kier molecular flexibility index (Phi) is 4.64. The molecule has 4 nitrogen and oxygen atoms in total. The molecule has 0 saturated carbocycles. The molecule has 1 amide bonds. The van der Waals surface area contributed by atoms with Gasteiger partial charge in [0.25, 0.3) is 5.91 Å². The van der Waals surface area contributed by atoms with E-state index in [9.17, 15) is 4.79 Å². The van der Waals surface area contributed by atoms with Crippen LogP contribution >= 0.6 is 27.5 Å². The molecule has 0 unspecified atom stereocenters. The van der Waals surface area contributed by atoms with E-state index >= 15 is 0 Å². The Hall–Kier alpha value is -2.24. The summed E-state index contributed by atoms with van der Waals surface area (Å²) in [4.78, 5) is 12.3. The van der Waals surface area contributed by atoms with E-state index in [1.54, 1.807) is 30.3 Å². The minimum Gasteiger partial charge on any atom is -0.451 e. The van der Waals surface area contributed by atoms with E-state index in [1.807, 2.05) is 25.1 Å². The largest absolute Gasteiger partial charge is 0.451 e. The van der Waals surface area contributed by atoms with Crippen LogP contribution < -0.4 is 11.1 Å². The molecule has 0 radical (unpaired) electrons. The SMILES string of the molecule is Cc1cc(Br)ccc1-c1ccc(C(=O)Nc2cc(N)ccc2Cl)o1. The van der Waals surface area contributed by atoms with Crippen molar-refractivity contribution < 1.29 is 9.21 Å². The van der Waals surface area contributed by atoms with Crippen LogP contribution in [0.3, 0.4) is 0 Å². The van der Waals surface area contributed by atoms with Crippen LogP contribution in [-0.2, 0) is 0 Å². The van der Waals surface area contributed by atoms with Gasteiger partial charge >= 0.3 is 0 Å². The third kappa shape index (κ3) is 3.47. The molecule has 0 fully saturated rings. The van der Waals surface area contributed by atoms with Gasteiger partial charge < -0.3 is 15.5 Å². The van der Waals surface area contributed by atoms with E-state index in [4.69, 9.17) is 21.8 Å². The highest BCUT2D eigenvalue weighted by Gasteiger charge is 2.15. The van der Waals surface area contributed by atoms with Crippen molar-refractivity contribution in [2.45, 2.75) is 6.92 Å². The van der Waals surface area contributed by atoms with Crippen molar-refractivity contribution in [2.75, 3.05) is 11.1 Å². The number of nitrogens with two attached hydrogens (primary N) is 1. The van der Waals surface area contributed by atoms with Gasteiger partial charge in [-0.1, -0.05) is 27.5 Å². The van der Waals surface area contributed by atoms with E-state index in [0.717, 1.165) is 15.6 Å². The smallest absolute Gasteiger partial charge is 0.291 e. The summed E-state index contributed by atoms with van der Waals surface area (Å²) in [6.07, 6.45) is 0. The molecule has 0 aliphatic rings. The standard InChI is InChI=1S/C18H14BrClN2O2/c1-10-8-11(19)2-4-13(10)16-6-7-17(24-16)18(23)22-15-9-12(21)3-5-14(15)20/h2-9H,21H2,1H3,(H,22,23). The Morgan fingerprint density at radius 3 is 2.71 bits per heavy atom. The number of furan rings is 1. The van der Waals surface area contributed by atoms with Crippen LogP contribution in [0.5, 0.6) is 0 Å². The van der Waals surface area contributed by atoms with Gasteiger partial charge in [0.2, 0.25) is 0 Å². The predicted molar refractivity (Wildman–Crippen MR) is 100 cm³/mol. The number of anilines is 2. The van der Waals surface area contributed by atoms with E-state index in [1.165, 1.54) is 0 Å². The number of hydrogen-bond donors (Lipinski definition) is 2. The van der Waals surface area contributed by atoms with E-state index in [0.29, 0.717) is 22.2 Å². The summed E-state index contributed by atoms with van der Waals surface area (Å²) in [6.45, 7) is 1.98. The molecule has 0 atom stereocenters. The molecule has 3 rings (SSSR count). The minimum atomic E-state index is -0.386. The van der Waals surface area contributed by atoms with Gasteiger partial charge in [0.05, 0.1) is 10.7 Å². The maximum absolute atomic E-state index is 12.3. The normalized spacial score (nSPS) is 10.6. The maximum atomic E-state index is 12.3. The molecule has 0 bridgehead atoms. The Labute approximate surface area is 152 Å². The fraction of sp³-hybridized carbons (Fsp3) is 0.0556. The van der Waals surface area contributed by atoms with E-state index in [-0.39, 0.29) is 11.7 Å². The van der Waals surface area contributed by atoms with Gasteiger partial charge in [-0.25, -0.2) is 0 Å². The molecule has 3 N–H and O–H groups in total. The van der Waals surface area contributed by atoms with E-state index < -0.39 is 0 Å². The number of halogens is 2. The van der Waals surface area contributed by atoms with Crippen LogP contribution in [0.1, 0.15) is 16.1 Å². The molecule has 122 valence electrons. The van der Waals surface area contributed by atoms with Crippen LogP contribution in [0.2, 0.25) is 5.02 Å². The van der Waals surface area contributed by atoms with Gasteiger partial charge in [-0.15, -0.1) is 0 Å². The first-order valence-electron chi connectivity index (χ1n) is 7.17. The number of hydrogen-bond acceptors (Lipinski definition) is 3. The van der Waals surface area contributed by atoms with Crippen molar-refractivity contribution in [3.8, 4) is 11.3 Å². The summed E-state index contributed by atoms with van der Waals surface area (Å²) in [5.74, 6) is 0.443. The number of carbonyl (C=O) groups is 1. The molecule has 0 aliphatic carbocycles. The molecule has 0 aliphatic heterocycles. The summed E-state index contributed by atoms with van der Waals surface area (Å²) in [5, 5.41) is 3.11. The number of amides is 1. The lowest BCUT2D eigenvalue weighted by molar-refractivity contribution is 0.0997. The van der Waals surface area contributed by atoms with Gasteiger partial charge in [0.15, 0.2) is 5.76 Å². The fourth-order valence-electron chi connectivity index (χ4n) is 2.33. The predicted octanol–water partition coefficient (Wildman–Crippen LogP) is 5.51. The molecule has 1 aromatic heterocycles. The second-order valence-corrected chi connectivity index (χ2v) is 6.64. The van der Waals surface area contributed by atoms with Crippen molar-refractivity contribution in [1.82, 2.24) is 0 Å². The molecular formula is C18H14BrClN2O2. The highest BCUT2D eigenvalue weighted by atomic mass is 79.9. The first-order valence-corrected chi connectivity index (χ1v) is 8.34. The molecule has 3 aromatic rings. The zero-order valence-corrected chi connectivity index (χ0v) is 15.1. The molecular weight excluding hydrogens is 392 g/mol. The highest BCUT2D eigenvalue weighted by Crippen LogP contribution is 2.29. The Morgan fingerprint density at radius 2 is 1.96 bits per heavy atom. The Balaban J connectivity index is 1.85. The maximum Gasteiger partial charge on any atom is 0.291 e. The second-order valence-electron chi connectivity index (χ2n) is 5.32. The Morgan fingerprint density at radius 1 is 1.17 bits per heavy atom. The van der Waals surface area contributed by atoms with Gasteiger partial charge in [0.1, 0.15) is 5.76 Å². The number of benzene rings is 2. The van der Waals surface area contributed by atoms with Crippen LogP contribution in [0.4, 0.5) is 11.4 Å². The van der Waals surface area contributed by atoms with Crippen molar-refractivity contribution in [3.05, 3.63) is 69.3 Å². The molecule has 1 heterocycles. The van der Waals surface area contributed by atoms with Crippen molar-refractivity contribution in [3.63, 3.8) is 0 Å². The van der Waals surface area contributed by atoms with Crippen LogP contribution in [0, 0.1) is 6.92 Å². The lowest BCUT2D eigenvalue weighted by Gasteiger charge is -2.07. The molecule has 24 heavy (non-hydrogen) atoms. The first kappa shape index (κ1) is 16.6. The van der Waals surface area contributed by atoms with Gasteiger partial charge in [-0.3, -0.25) is 4.79 Å². The van der Waals surface area contributed by atoms with Gasteiger partial charge in [-0.05, 0) is 61.0 Å². The summed E-state index contributed by atoms with van der Waals surface area (Å²) in [5.41, 5.74) is 8.65. The summed E-state index contributed by atoms with van der Waals surface area (Å²) in [6, 6.07) is 14.2. The first-order chi connectivity index (χ1) is 11.4. The lowest BCUT2D eigenvalue weighted by Crippen LogP contribution is -2.11. The average molecular weight is 406 g/mol. The molecule has 6 heteroatoms. The van der Waals surface area contributed by atoms with Crippen molar-refractivity contribution in [2.24, 2.45) is 0 Å². The summed E-state index contributed by atoms with van der Waals surface area (Å²) in [7, 11) is 0. The third-order valence-corrected chi connectivity index (χ3v) is 4.35. The third-order valence-electron chi connectivity index (χ3n) is 3.52. The van der Waals surface area contributed by atoms with Gasteiger partial charge in [-0.2, -0.15) is 0 Å². The molecule has 0 spiro atoms. The monoisotopic (exact) mass is 404 g/mol. The summed E-state index contributed by atoms with van der Waals surface area (Å²) >= 11 is 9.49. The molecule has 2 aromatic carbocycles. The number of nitrogen functional groups attached to an aromatic ring is 1. The van der Waals surface area contributed by atoms with Crippen LogP contribution in [0.25, 0.3) is 11.3 Å². The zero-order valence-electron chi connectivity index (χ0n) is 12.8. The number of nitrogens with one attached hydrogen (secondary N) is 1. The van der Waals surface area contributed by atoms with Crippen LogP contribution in [-0.4, -0.2) is 5.91 Å². The number of rotatable bonds is 3. The van der Waals surface area contributed by atoms with Crippen molar-refractivity contribution >= 4 is 44.8 Å². The Bertz CT molecular complexity index is 921. The highest BCUT2D eigenvalue weighted by molar-refractivity contribution is 9.10. The number of carbonyl (C=O) groups excluding carboxylic acids is 1. The minimum absolute atomic E-state index is 0.200. The lowest BCUT2D eigenvalue weighted by atomic mass is 10.1.